The van der Waals surface area contributed by atoms with Crippen LogP contribution >= 0.6 is 11.6 Å². The maximum atomic E-state index is 12.7. The van der Waals surface area contributed by atoms with E-state index in [1.165, 1.54) is 38.5 Å². The second-order valence-corrected chi connectivity index (χ2v) is 7.90. The molecule has 0 saturated heterocycles. The molecule has 0 radical (unpaired) electrons. The van der Waals surface area contributed by atoms with Crippen LogP contribution in [0.1, 0.15) is 55.3 Å². The summed E-state index contributed by atoms with van der Waals surface area (Å²) in [5, 5.41) is 0.613. The first kappa shape index (κ1) is 12.9. The minimum atomic E-state index is 0.262. The van der Waals surface area contributed by atoms with Gasteiger partial charge in [0.25, 0.3) is 0 Å². The van der Waals surface area contributed by atoms with E-state index in [0.717, 1.165) is 29.7 Å². The summed E-state index contributed by atoms with van der Waals surface area (Å²) in [6.07, 6.45) is 8.87. The molecule has 4 aliphatic rings. The van der Waals surface area contributed by atoms with Crippen molar-refractivity contribution < 1.29 is 4.79 Å². The summed E-state index contributed by atoms with van der Waals surface area (Å²) in [7, 11) is 0. The van der Waals surface area contributed by atoms with Crippen LogP contribution in [0, 0.1) is 23.2 Å². The molecule has 2 heteroatoms. The van der Waals surface area contributed by atoms with Crippen LogP contribution in [0.2, 0.25) is 5.02 Å². The van der Waals surface area contributed by atoms with Crippen molar-refractivity contribution in [1.82, 2.24) is 0 Å². The first-order valence-electron chi connectivity index (χ1n) is 7.91. The number of carbonyl (C=O) groups is 1. The fourth-order valence-corrected chi connectivity index (χ4v) is 5.87. The van der Waals surface area contributed by atoms with Gasteiger partial charge in [0.2, 0.25) is 0 Å². The van der Waals surface area contributed by atoms with Gasteiger partial charge in [0.1, 0.15) is 0 Å². The maximum absolute atomic E-state index is 12.7. The highest BCUT2D eigenvalue weighted by atomic mass is 35.5. The lowest BCUT2D eigenvalue weighted by atomic mass is 9.48. The zero-order chi connectivity index (χ0) is 13.7. The van der Waals surface area contributed by atoms with E-state index in [9.17, 15) is 4.79 Å². The van der Waals surface area contributed by atoms with Crippen molar-refractivity contribution in [2.24, 2.45) is 23.2 Å². The number of hydrogen-bond acceptors (Lipinski definition) is 1. The SMILES string of the molecule is O=C(CC12CC3CC(CC(C3)C1)C2)c1ccccc1Cl. The van der Waals surface area contributed by atoms with Gasteiger partial charge in [-0.3, -0.25) is 4.79 Å². The van der Waals surface area contributed by atoms with Crippen molar-refractivity contribution in [1.29, 1.82) is 0 Å². The number of ketones is 1. The van der Waals surface area contributed by atoms with Crippen LogP contribution in [-0.2, 0) is 0 Å². The van der Waals surface area contributed by atoms with Crippen LogP contribution in [0.15, 0.2) is 24.3 Å². The van der Waals surface area contributed by atoms with Gasteiger partial charge in [-0.25, -0.2) is 0 Å². The van der Waals surface area contributed by atoms with Gasteiger partial charge in [0.15, 0.2) is 5.78 Å². The Hall–Kier alpha value is -0.820. The number of halogens is 1. The van der Waals surface area contributed by atoms with Crippen LogP contribution in [0.3, 0.4) is 0 Å². The fraction of sp³-hybridized carbons (Fsp3) is 0.611. The van der Waals surface area contributed by atoms with E-state index < -0.39 is 0 Å². The third kappa shape index (κ3) is 2.11. The van der Waals surface area contributed by atoms with Crippen molar-refractivity contribution in [3.05, 3.63) is 34.9 Å². The Balaban J connectivity index is 1.57. The van der Waals surface area contributed by atoms with Gasteiger partial charge in [-0.05, 0) is 73.8 Å². The lowest BCUT2D eigenvalue weighted by molar-refractivity contribution is -0.0524. The standard InChI is InChI=1S/C18H21ClO/c19-16-4-2-1-3-15(16)17(20)11-18-8-12-5-13(9-18)7-14(6-12)10-18/h1-4,12-14H,5-11H2. The molecule has 0 spiro atoms. The molecule has 0 N–H and O–H groups in total. The van der Waals surface area contributed by atoms with Crippen LogP contribution in [-0.4, -0.2) is 5.78 Å². The number of Topliss-reactive ketones (excluding diaryl/α,β-unsaturated/α-hetero) is 1. The average molecular weight is 289 g/mol. The molecular weight excluding hydrogens is 268 g/mol. The summed E-state index contributed by atoms with van der Waals surface area (Å²) in [6.45, 7) is 0. The predicted octanol–water partition coefficient (Wildman–Crippen LogP) is 5.13. The largest absolute Gasteiger partial charge is 0.294 e. The van der Waals surface area contributed by atoms with Crippen LogP contribution in [0.4, 0.5) is 0 Å². The summed E-state index contributed by atoms with van der Waals surface area (Å²) in [5.41, 5.74) is 1.04. The van der Waals surface area contributed by atoms with Gasteiger partial charge in [0, 0.05) is 12.0 Å². The minimum absolute atomic E-state index is 0.262. The van der Waals surface area contributed by atoms with E-state index >= 15 is 0 Å². The summed E-state index contributed by atoms with van der Waals surface area (Å²) in [4.78, 5) is 12.7. The molecule has 0 unspecified atom stereocenters. The van der Waals surface area contributed by atoms with Gasteiger partial charge in [-0.2, -0.15) is 0 Å². The van der Waals surface area contributed by atoms with E-state index in [2.05, 4.69) is 0 Å². The monoisotopic (exact) mass is 288 g/mol. The van der Waals surface area contributed by atoms with E-state index in [1.807, 2.05) is 24.3 Å². The highest BCUT2D eigenvalue weighted by molar-refractivity contribution is 6.33. The van der Waals surface area contributed by atoms with Crippen molar-refractivity contribution in [2.75, 3.05) is 0 Å². The molecule has 106 valence electrons. The molecule has 1 aromatic carbocycles. The highest BCUT2D eigenvalue weighted by Gasteiger charge is 2.51. The summed E-state index contributed by atoms with van der Waals surface area (Å²) < 4.78 is 0. The summed E-state index contributed by atoms with van der Waals surface area (Å²) in [6, 6.07) is 7.52. The zero-order valence-corrected chi connectivity index (χ0v) is 12.5. The molecule has 4 aliphatic carbocycles. The van der Waals surface area contributed by atoms with Crippen molar-refractivity contribution >= 4 is 17.4 Å². The second kappa shape index (κ2) is 4.59. The van der Waals surface area contributed by atoms with Gasteiger partial charge in [-0.1, -0.05) is 23.7 Å². The Morgan fingerprint density at radius 3 is 2.15 bits per heavy atom. The molecular formula is C18H21ClO. The molecule has 20 heavy (non-hydrogen) atoms. The normalized spacial score (nSPS) is 38.1. The molecule has 0 atom stereocenters. The predicted molar refractivity (Wildman–Crippen MR) is 81.0 cm³/mol. The van der Waals surface area contributed by atoms with Crippen molar-refractivity contribution in [3.8, 4) is 0 Å². The number of hydrogen-bond donors (Lipinski definition) is 0. The van der Waals surface area contributed by atoms with E-state index in [0.29, 0.717) is 10.4 Å². The molecule has 4 saturated carbocycles. The van der Waals surface area contributed by atoms with E-state index in [1.54, 1.807) is 0 Å². The molecule has 5 rings (SSSR count). The van der Waals surface area contributed by atoms with Crippen LogP contribution in [0.5, 0.6) is 0 Å². The first-order chi connectivity index (χ1) is 9.63. The Labute approximate surface area is 125 Å². The number of carbonyl (C=O) groups excluding carboxylic acids is 1. The van der Waals surface area contributed by atoms with Crippen LogP contribution in [0.25, 0.3) is 0 Å². The lowest BCUT2D eigenvalue weighted by Crippen LogP contribution is -2.46. The number of benzene rings is 1. The third-order valence-corrected chi connectivity index (χ3v) is 6.20. The quantitative estimate of drug-likeness (QED) is 0.705. The molecule has 0 aromatic heterocycles. The Morgan fingerprint density at radius 1 is 1.05 bits per heavy atom. The number of rotatable bonds is 3. The lowest BCUT2D eigenvalue weighted by Gasteiger charge is -2.56. The molecule has 4 bridgehead atoms. The van der Waals surface area contributed by atoms with E-state index in [-0.39, 0.29) is 5.78 Å². The zero-order valence-electron chi connectivity index (χ0n) is 11.8. The molecule has 1 aromatic rings. The van der Waals surface area contributed by atoms with Crippen LogP contribution < -0.4 is 0 Å². The summed E-state index contributed by atoms with van der Waals surface area (Å²) in [5.74, 6) is 2.97. The Kier molecular flexibility index (Phi) is 2.96. The smallest absolute Gasteiger partial charge is 0.164 e. The molecule has 4 fully saturated rings. The van der Waals surface area contributed by atoms with Gasteiger partial charge in [0.05, 0.1) is 5.02 Å². The summed E-state index contributed by atoms with van der Waals surface area (Å²) >= 11 is 6.18. The molecule has 1 nitrogen and oxygen atoms in total. The Morgan fingerprint density at radius 2 is 1.60 bits per heavy atom. The van der Waals surface area contributed by atoms with E-state index in [4.69, 9.17) is 11.6 Å². The minimum Gasteiger partial charge on any atom is -0.294 e. The van der Waals surface area contributed by atoms with Gasteiger partial charge in [-0.15, -0.1) is 0 Å². The topological polar surface area (TPSA) is 17.1 Å². The highest BCUT2D eigenvalue weighted by Crippen LogP contribution is 2.61. The maximum Gasteiger partial charge on any atom is 0.164 e. The average Bonchev–Trinajstić information content (AvgIpc) is 2.36. The van der Waals surface area contributed by atoms with Gasteiger partial charge >= 0.3 is 0 Å². The fourth-order valence-electron chi connectivity index (χ4n) is 5.63. The first-order valence-corrected chi connectivity index (χ1v) is 8.29. The van der Waals surface area contributed by atoms with Crippen molar-refractivity contribution in [3.63, 3.8) is 0 Å². The Bertz CT molecular complexity index is 513. The van der Waals surface area contributed by atoms with Crippen molar-refractivity contribution in [2.45, 2.75) is 44.9 Å². The van der Waals surface area contributed by atoms with Gasteiger partial charge < -0.3 is 0 Å². The third-order valence-electron chi connectivity index (χ3n) is 5.87. The molecule has 0 aliphatic heterocycles. The second-order valence-electron chi connectivity index (χ2n) is 7.50. The molecule has 0 heterocycles. The molecule has 0 amide bonds.